The van der Waals surface area contributed by atoms with Crippen molar-refractivity contribution in [2.24, 2.45) is 0 Å². The Morgan fingerprint density at radius 1 is 0.825 bits per heavy atom. The Hall–Kier alpha value is -2.73. The van der Waals surface area contributed by atoms with Crippen LogP contribution in [0.15, 0.2) is 36.4 Å². The second kappa shape index (κ2) is 11.6. The number of halogens is 8. The van der Waals surface area contributed by atoms with Gasteiger partial charge in [-0.1, -0.05) is 12.5 Å². The molecule has 2 aliphatic rings. The highest BCUT2D eigenvalue weighted by molar-refractivity contribution is 5.92. The average Bonchev–Trinajstić information content (AvgIpc) is 2.90. The van der Waals surface area contributed by atoms with Gasteiger partial charge in [0, 0.05) is 37.3 Å². The zero-order valence-corrected chi connectivity index (χ0v) is 21.9. The fraction of sp³-hybridized carbons (Fsp3) is 0.536. The van der Waals surface area contributed by atoms with Gasteiger partial charge in [-0.25, -0.2) is 8.78 Å². The second-order valence-electron chi connectivity index (χ2n) is 10.3. The molecular formula is C28H31F8N3O. The molecule has 4 rings (SSSR count). The van der Waals surface area contributed by atoms with Crippen LogP contribution in [0.4, 0.5) is 35.1 Å². The number of amides is 1. The predicted octanol–water partition coefficient (Wildman–Crippen LogP) is 6.33. The highest BCUT2D eigenvalue weighted by Crippen LogP contribution is 2.45. The Morgan fingerprint density at radius 3 is 1.88 bits per heavy atom. The standard InChI is InChI=1S/C28H31F8N3O/c1-2-37-25(40)26(23-7-6-21(29)17-24(23)30,39-12-8-22(9-13-39)38-10-4-3-5-11-38)18-14-19(27(31,32)33)16-20(15-18)28(34,35)36/h6-7,14-17,22H,2-5,8-13H2,1H3,(H,37,40). The van der Waals surface area contributed by atoms with Gasteiger partial charge in [0.1, 0.15) is 11.6 Å². The molecule has 2 aliphatic heterocycles. The van der Waals surface area contributed by atoms with Crippen molar-refractivity contribution >= 4 is 5.91 Å². The van der Waals surface area contributed by atoms with Crippen LogP contribution in [0.1, 0.15) is 61.3 Å². The first-order valence-electron chi connectivity index (χ1n) is 13.3. The summed E-state index contributed by atoms with van der Waals surface area (Å²) in [6.45, 7) is 3.43. The minimum Gasteiger partial charge on any atom is -0.354 e. The summed E-state index contributed by atoms with van der Waals surface area (Å²) in [5.74, 6) is -3.25. The van der Waals surface area contributed by atoms with Crippen molar-refractivity contribution in [2.45, 2.75) is 63.0 Å². The summed E-state index contributed by atoms with van der Waals surface area (Å²) < 4.78 is 113. The third-order valence-corrected chi connectivity index (χ3v) is 7.84. The van der Waals surface area contributed by atoms with Crippen molar-refractivity contribution in [3.05, 3.63) is 70.3 Å². The van der Waals surface area contributed by atoms with Crippen molar-refractivity contribution in [1.82, 2.24) is 15.1 Å². The van der Waals surface area contributed by atoms with Crippen LogP contribution in [0.25, 0.3) is 0 Å². The quantitative estimate of drug-likeness (QED) is 0.408. The molecule has 0 aliphatic carbocycles. The molecule has 0 spiro atoms. The van der Waals surface area contributed by atoms with E-state index >= 15 is 4.39 Å². The fourth-order valence-electron chi connectivity index (χ4n) is 5.99. The molecule has 0 saturated carbocycles. The van der Waals surface area contributed by atoms with Gasteiger partial charge in [-0.2, -0.15) is 26.3 Å². The van der Waals surface area contributed by atoms with Crippen molar-refractivity contribution in [1.29, 1.82) is 0 Å². The van der Waals surface area contributed by atoms with E-state index in [1.54, 1.807) is 0 Å². The van der Waals surface area contributed by atoms with E-state index in [4.69, 9.17) is 0 Å². The number of nitrogens with one attached hydrogen (secondary N) is 1. The molecule has 4 nitrogen and oxygen atoms in total. The molecule has 1 atom stereocenters. The highest BCUT2D eigenvalue weighted by atomic mass is 19.4. The molecule has 0 aromatic heterocycles. The smallest absolute Gasteiger partial charge is 0.354 e. The van der Waals surface area contributed by atoms with E-state index < -0.39 is 57.7 Å². The van der Waals surface area contributed by atoms with E-state index in [0.717, 1.165) is 44.5 Å². The molecule has 40 heavy (non-hydrogen) atoms. The van der Waals surface area contributed by atoms with Gasteiger partial charge in [-0.3, -0.25) is 9.69 Å². The molecule has 220 valence electrons. The molecule has 0 bridgehead atoms. The van der Waals surface area contributed by atoms with Gasteiger partial charge in [-0.15, -0.1) is 0 Å². The molecule has 1 unspecified atom stereocenters. The van der Waals surface area contributed by atoms with Gasteiger partial charge in [0.05, 0.1) is 11.1 Å². The Bertz CT molecular complexity index is 1170. The van der Waals surface area contributed by atoms with Crippen LogP contribution in [0.5, 0.6) is 0 Å². The van der Waals surface area contributed by atoms with E-state index in [0.29, 0.717) is 31.0 Å². The molecule has 2 aromatic carbocycles. The van der Waals surface area contributed by atoms with Crippen LogP contribution >= 0.6 is 0 Å². The molecule has 12 heteroatoms. The summed E-state index contributed by atoms with van der Waals surface area (Å²) in [5, 5.41) is 2.50. The molecule has 1 amide bonds. The number of carbonyl (C=O) groups is 1. The minimum atomic E-state index is -5.19. The largest absolute Gasteiger partial charge is 0.416 e. The van der Waals surface area contributed by atoms with Gasteiger partial charge >= 0.3 is 12.4 Å². The zero-order valence-electron chi connectivity index (χ0n) is 21.9. The lowest BCUT2D eigenvalue weighted by molar-refractivity contribution is -0.144. The topological polar surface area (TPSA) is 35.6 Å². The maximum absolute atomic E-state index is 15.5. The summed E-state index contributed by atoms with van der Waals surface area (Å²) in [7, 11) is 0. The second-order valence-corrected chi connectivity index (χ2v) is 10.3. The van der Waals surface area contributed by atoms with Gasteiger partial charge in [0.15, 0.2) is 5.54 Å². The minimum absolute atomic E-state index is 0.0290. The Labute approximate surface area is 227 Å². The first-order chi connectivity index (χ1) is 18.8. The number of hydrogen-bond acceptors (Lipinski definition) is 3. The van der Waals surface area contributed by atoms with Crippen molar-refractivity contribution < 1.29 is 39.9 Å². The maximum Gasteiger partial charge on any atom is 0.416 e. The Kier molecular flexibility index (Phi) is 8.79. The van der Waals surface area contributed by atoms with Gasteiger partial charge in [-0.05, 0) is 75.5 Å². The molecule has 0 radical (unpaired) electrons. The van der Waals surface area contributed by atoms with Crippen LogP contribution in [-0.4, -0.2) is 54.5 Å². The van der Waals surface area contributed by atoms with Gasteiger partial charge in [0.2, 0.25) is 5.91 Å². The lowest BCUT2D eigenvalue weighted by atomic mass is 9.77. The van der Waals surface area contributed by atoms with Gasteiger partial charge in [0.25, 0.3) is 0 Å². The van der Waals surface area contributed by atoms with Gasteiger partial charge < -0.3 is 10.2 Å². The number of hydrogen-bond donors (Lipinski definition) is 1. The van der Waals surface area contributed by atoms with Crippen LogP contribution in [0, 0.1) is 11.6 Å². The van der Waals surface area contributed by atoms with Crippen LogP contribution in [0.2, 0.25) is 0 Å². The van der Waals surface area contributed by atoms with E-state index in [2.05, 4.69) is 10.2 Å². The maximum atomic E-state index is 15.5. The summed E-state index contributed by atoms with van der Waals surface area (Å²) in [4.78, 5) is 17.7. The fourth-order valence-corrected chi connectivity index (χ4v) is 5.99. The van der Waals surface area contributed by atoms with Crippen LogP contribution in [-0.2, 0) is 22.7 Å². The first kappa shape index (κ1) is 30.2. The number of rotatable bonds is 6. The highest BCUT2D eigenvalue weighted by Gasteiger charge is 2.52. The first-order valence-corrected chi connectivity index (χ1v) is 13.3. The molecule has 2 fully saturated rings. The Morgan fingerprint density at radius 2 is 1.38 bits per heavy atom. The summed E-state index contributed by atoms with van der Waals surface area (Å²) in [5.41, 5.74) is -6.90. The zero-order chi connectivity index (χ0) is 29.3. The summed E-state index contributed by atoms with van der Waals surface area (Å²) in [6.07, 6.45) is -6.29. The average molecular weight is 578 g/mol. The number of piperidine rings is 2. The normalized spacial score (nSPS) is 19.8. The molecule has 2 heterocycles. The van der Waals surface area contributed by atoms with Crippen molar-refractivity contribution in [2.75, 3.05) is 32.7 Å². The number of likely N-dealkylation sites (N-methyl/N-ethyl adjacent to an activating group) is 1. The molecule has 2 aromatic rings. The van der Waals surface area contributed by atoms with E-state index in [1.165, 1.54) is 11.8 Å². The monoisotopic (exact) mass is 577 g/mol. The predicted molar refractivity (Wildman–Crippen MR) is 132 cm³/mol. The van der Waals surface area contributed by atoms with Crippen LogP contribution < -0.4 is 5.32 Å². The van der Waals surface area contributed by atoms with E-state index in [9.17, 15) is 35.5 Å². The lowest BCUT2D eigenvalue weighted by Gasteiger charge is -2.48. The third-order valence-electron chi connectivity index (χ3n) is 7.84. The number of carbonyl (C=O) groups excluding carboxylic acids is 1. The number of nitrogens with zero attached hydrogens (tertiary/aromatic N) is 2. The number of alkyl halides is 6. The third kappa shape index (κ3) is 5.97. The molecule has 1 N–H and O–H groups in total. The SMILES string of the molecule is CCNC(=O)C(c1cc(C(F)(F)F)cc(C(F)(F)F)c1)(c1ccc(F)cc1F)N1CCC(N2CCCCC2)CC1. The lowest BCUT2D eigenvalue weighted by Crippen LogP contribution is -2.61. The summed E-state index contributed by atoms with van der Waals surface area (Å²) >= 11 is 0. The van der Waals surface area contributed by atoms with Crippen molar-refractivity contribution in [3.63, 3.8) is 0 Å². The van der Waals surface area contributed by atoms with Crippen LogP contribution in [0.3, 0.4) is 0 Å². The number of likely N-dealkylation sites (tertiary alicyclic amines) is 2. The summed E-state index contributed by atoms with van der Waals surface area (Å²) in [6, 6.07) is 3.23. The van der Waals surface area contributed by atoms with Crippen molar-refractivity contribution in [3.8, 4) is 0 Å². The van der Waals surface area contributed by atoms with E-state index in [1.807, 2.05) is 0 Å². The molecule has 2 saturated heterocycles. The van der Waals surface area contributed by atoms with E-state index in [-0.39, 0.29) is 31.7 Å². The molecular weight excluding hydrogens is 546 g/mol. The Balaban J connectivity index is 1.94. The number of benzene rings is 2.